The minimum Gasteiger partial charge on any atom is -0.494 e. The topological polar surface area (TPSA) is 84.1 Å². The number of thioether (sulfide) groups is 1. The molecule has 25 heavy (non-hydrogen) atoms. The van der Waals surface area contributed by atoms with Gasteiger partial charge in [-0.1, -0.05) is 36.0 Å². The molecule has 0 aliphatic carbocycles. The molecule has 0 saturated carbocycles. The smallest absolute Gasteiger partial charge is 0.257 e. The van der Waals surface area contributed by atoms with Crippen LogP contribution in [0.5, 0.6) is 5.75 Å². The summed E-state index contributed by atoms with van der Waals surface area (Å²) >= 11 is 1.36. The van der Waals surface area contributed by atoms with Gasteiger partial charge >= 0.3 is 0 Å². The van der Waals surface area contributed by atoms with Crippen molar-refractivity contribution in [2.75, 3.05) is 17.7 Å². The first-order valence-corrected chi connectivity index (χ1v) is 9.02. The number of carbonyl (C=O) groups is 1. The van der Waals surface area contributed by atoms with Gasteiger partial charge in [-0.05, 0) is 13.0 Å². The van der Waals surface area contributed by atoms with E-state index >= 15 is 0 Å². The van der Waals surface area contributed by atoms with Gasteiger partial charge in [-0.15, -0.1) is 6.58 Å². The molecule has 2 aromatic rings. The summed E-state index contributed by atoms with van der Waals surface area (Å²) in [5.74, 6) is 1.07. The molecule has 0 spiro atoms. The molecule has 0 radical (unpaired) electrons. The van der Waals surface area contributed by atoms with E-state index in [1.165, 1.54) is 11.8 Å². The summed E-state index contributed by atoms with van der Waals surface area (Å²) in [5, 5.41) is 3.18. The molecule has 2 N–H and O–H groups in total. The van der Waals surface area contributed by atoms with E-state index < -0.39 is 0 Å². The van der Waals surface area contributed by atoms with Crippen molar-refractivity contribution in [2.45, 2.75) is 24.4 Å². The molecular formula is C18H19N3O3S. The van der Waals surface area contributed by atoms with Crippen LogP contribution in [0, 0.1) is 0 Å². The molecule has 1 aliphatic heterocycles. The van der Waals surface area contributed by atoms with Crippen LogP contribution in [-0.2, 0) is 4.79 Å². The van der Waals surface area contributed by atoms with Crippen molar-refractivity contribution in [2.24, 2.45) is 0 Å². The zero-order chi connectivity index (χ0) is 17.8. The molecule has 1 aromatic heterocycles. The zero-order valence-corrected chi connectivity index (χ0v) is 14.7. The maximum absolute atomic E-state index is 12.7. The van der Waals surface area contributed by atoms with Crippen LogP contribution in [-0.4, -0.2) is 28.2 Å². The number of ether oxygens (including phenoxy) is 1. The standard InChI is InChI=1S/C18H19N3O3S/c1-3-9-25-18-20-16-15(17(23)21-18)12(10-14(22)19-16)11-7-5-6-8-13(11)24-4-2/h3,5-8,12H,1,4,9-10H2,2H3,(H2,19,20,21,22,23). The molecule has 2 heterocycles. The van der Waals surface area contributed by atoms with E-state index in [9.17, 15) is 9.59 Å². The maximum Gasteiger partial charge on any atom is 0.257 e. The number of nitrogens with one attached hydrogen (secondary N) is 2. The molecular weight excluding hydrogens is 338 g/mol. The fraction of sp³-hybridized carbons (Fsp3) is 0.278. The largest absolute Gasteiger partial charge is 0.494 e. The lowest BCUT2D eigenvalue weighted by Crippen LogP contribution is -2.31. The van der Waals surface area contributed by atoms with Crippen molar-refractivity contribution in [3.8, 4) is 5.75 Å². The predicted octanol–water partition coefficient (Wildman–Crippen LogP) is 2.92. The van der Waals surface area contributed by atoms with E-state index in [1.54, 1.807) is 6.08 Å². The average Bonchev–Trinajstić information content (AvgIpc) is 2.59. The molecule has 0 bridgehead atoms. The number of amides is 1. The van der Waals surface area contributed by atoms with Gasteiger partial charge < -0.3 is 15.0 Å². The van der Waals surface area contributed by atoms with Crippen LogP contribution >= 0.6 is 11.8 Å². The number of nitrogens with zero attached hydrogens (tertiary/aromatic N) is 1. The van der Waals surface area contributed by atoms with Crippen LogP contribution in [0.1, 0.15) is 30.4 Å². The minimum atomic E-state index is -0.388. The third-order valence-electron chi connectivity index (χ3n) is 3.86. The van der Waals surface area contributed by atoms with Gasteiger partial charge in [-0.3, -0.25) is 9.59 Å². The minimum absolute atomic E-state index is 0.165. The maximum atomic E-state index is 12.7. The summed E-state index contributed by atoms with van der Waals surface area (Å²) in [4.78, 5) is 32.1. The van der Waals surface area contributed by atoms with Gasteiger partial charge in [0.25, 0.3) is 5.56 Å². The highest BCUT2D eigenvalue weighted by Gasteiger charge is 2.32. The van der Waals surface area contributed by atoms with Gasteiger partial charge in [0.2, 0.25) is 5.91 Å². The van der Waals surface area contributed by atoms with Crippen LogP contribution < -0.4 is 15.6 Å². The molecule has 7 heteroatoms. The van der Waals surface area contributed by atoms with Crippen LogP contribution in [0.2, 0.25) is 0 Å². The normalized spacial score (nSPS) is 16.0. The lowest BCUT2D eigenvalue weighted by Gasteiger charge is -2.25. The number of aromatic amines is 1. The van der Waals surface area contributed by atoms with Crippen molar-refractivity contribution < 1.29 is 9.53 Å². The number of para-hydroxylation sites is 1. The number of H-pyrrole nitrogens is 1. The summed E-state index contributed by atoms with van der Waals surface area (Å²) < 4.78 is 5.68. The molecule has 1 aromatic carbocycles. The van der Waals surface area contributed by atoms with E-state index in [1.807, 2.05) is 31.2 Å². The molecule has 6 nitrogen and oxygen atoms in total. The van der Waals surface area contributed by atoms with Gasteiger partial charge in [0.15, 0.2) is 5.16 Å². The van der Waals surface area contributed by atoms with Gasteiger partial charge in [-0.25, -0.2) is 4.98 Å². The number of hydrogen-bond acceptors (Lipinski definition) is 5. The van der Waals surface area contributed by atoms with Crippen LogP contribution in [0.3, 0.4) is 0 Å². The number of carbonyl (C=O) groups excluding carboxylic acids is 1. The van der Waals surface area contributed by atoms with Crippen molar-refractivity contribution >= 4 is 23.5 Å². The fourth-order valence-corrected chi connectivity index (χ4v) is 3.47. The lowest BCUT2D eigenvalue weighted by molar-refractivity contribution is -0.116. The summed E-state index contributed by atoms with van der Waals surface area (Å²) in [7, 11) is 0. The highest BCUT2D eigenvalue weighted by molar-refractivity contribution is 7.99. The number of hydrogen-bond donors (Lipinski definition) is 2. The van der Waals surface area contributed by atoms with E-state index in [0.29, 0.717) is 34.6 Å². The number of benzene rings is 1. The van der Waals surface area contributed by atoms with Crippen molar-refractivity contribution in [1.29, 1.82) is 0 Å². The monoisotopic (exact) mass is 357 g/mol. The Morgan fingerprint density at radius 1 is 1.40 bits per heavy atom. The van der Waals surface area contributed by atoms with E-state index in [4.69, 9.17) is 4.74 Å². The Kier molecular flexibility index (Phi) is 5.23. The van der Waals surface area contributed by atoms with E-state index in [-0.39, 0.29) is 23.8 Å². The Labute approximate surface area is 149 Å². The molecule has 0 fully saturated rings. The van der Waals surface area contributed by atoms with Gasteiger partial charge in [-0.2, -0.15) is 0 Å². The van der Waals surface area contributed by atoms with Crippen LogP contribution in [0.25, 0.3) is 0 Å². The molecule has 0 saturated heterocycles. The summed E-state index contributed by atoms with van der Waals surface area (Å²) in [5.41, 5.74) is 1.04. The molecule has 1 amide bonds. The summed E-state index contributed by atoms with van der Waals surface area (Å²) in [6.07, 6.45) is 1.91. The molecule has 3 rings (SSSR count). The van der Waals surface area contributed by atoms with Gasteiger partial charge in [0.1, 0.15) is 11.6 Å². The molecule has 1 unspecified atom stereocenters. The third kappa shape index (κ3) is 3.61. The SMILES string of the molecule is C=CCSc1nc2c(c(=O)[nH]1)C(c1ccccc1OCC)CC(=O)N2. The summed E-state index contributed by atoms with van der Waals surface area (Å²) in [6.45, 7) is 6.06. The predicted molar refractivity (Wildman–Crippen MR) is 98.5 cm³/mol. The Hall–Kier alpha value is -2.54. The number of aromatic nitrogens is 2. The van der Waals surface area contributed by atoms with Crippen molar-refractivity contribution in [3.05, 3.63) is 58.4 Å². The molecule has 1 atom stereocenters. The second-order valence-corrected chi connectivity index (χ2v) is 6.52. The quantitative estimate of drug-likeness (QED) is 0.472. The zero-order valence-electron chi connectivity index (χ0n) is 13.9. The Morgan fingerprint density at radius 2 is 2.20 bits per heavy atom. The highest BCUT2D eigenvalue weighted by Crippen LogP contribution is 2.38. The van der Waals surface area contributed by atoms with Crippen molar-refractivity contribution in [1.82, 2.24) is 9.97 Å². The lowest BCUT2D eigenvalue weighted by atomic mass is 9.86. The van der Waals surface area contributed by atoms with Gasteiger partial charge in [0.05, 0.1) is 12.2 Å². The molecule has 1 aliphatic rings. The Bertz CT molecular complexity index is 863. The van der Waals surface area contributed by atoms with Crippen LogP contribution in [0.15, 0.2) is 46.9 Å². The Balaban J connectivity index is 2.09. The first-order valence-electron chi connectivity index (χ1n) is 8.03. The first kappa shape index (κ1) is 17.3. The Morgan fingerprint density at radius 3 is 2.96 bits per heavy atom. The van der Waals surface area contributed by atoms with Crippen molar-refractivity contribution in [3.63, 3.8) is 0 Å². The molecule has 130 valence electrons. The van der Waals surface area contributed by atoms with Crippen LogP contribution in [0.4, 0.5) is 5.82 Å². The average molecular weight is 357 g/mol. The summed E-state index contributed by atoms with van der Waals surface area (Å²) in [6, 6.07) is 7.48. The van der Waals surface area contributed by atoms with Gasteiger partial charge in [0, 0.05) is 23.7 Å². The third-order valence-corrected chi connectivity index (χ3v) is 4.73. The highest BCUT2D eigenvalue weighted by atomic mass is 32.2. The number of fused-ring (bicyclic) bond motifs is 1. The fourth-order valence-electron chi connectivity index (χ4n) is 2.88. The first-order chi connectivity index (χ1) is 12.1. The number of anilines is 1. The van der Waals surface area contributed by atoms with E-state index in [0.717, 1.165) is 5.56 Å². The van der Waals surface area contributed by atoms with E-state index in [2.05, 4.69) is 21.9 Å². The number of rotatable bonds is 6. The second-order valence-electron chi connectivity index (χ2n) is 5.51. The second kappa shape index (κ2) is 7.57.